The van der Waals surface area contributed by atoms with Crippen molar-refractivity contribution in [3.8, 4) is 0 Å². The van der Waals surface area contributed by atoms with Crippen molar-refractivity contribution in [3.05, 3.63) is 36.0 Å². The highest BCUT2D eigenvalue weighted by molar-refractivity contribution is 7.90. The Bertz CT molecular complexity index is 639. The molecule has 0 fully saturated rings. The second-order valence-corrected chi connectivity index (χ2v) is 4.84. The molecular weight excluding hydrogens is 212 g/mol. The van der Waals surface area contributed by atoms with E-state index in [1.807, 2.05) is 0 Å². The second kappa shape index (κ2) is 2.64. The number of hydrogen-bond donors (Lipinski definition) is 0. The van der Waals surface area contributed by atoms with Gasteiger partial charge in [0.1, 0.15) is 5.71 Å². The maximum atomic E-state index is 11.7. The summed E-state index contributed by atoms with van der Waals surface area (Å²) in [5.74, 6) is 0. The second-order valence-electron chi connectivity index (χ2n) is 3.27. The van der Waals surface area contributed by atoms with E-state index in [9.17, 15) is 8.42 Å². The fourth-order valence-corrected chi connectivity index (χ4v) is 2.90. The molecule has 2 aliphatic heterocycles. The minimum atomic E-state index is -3.54. The Hall–Kier alpha value is -1.75. The molecule has 2 aliphatic rings. The highest BCUT2D eigenvalue weighted by Gasteiger charge is 2.28. The van der Waals surface area contributed by atoms with Gasteiger partial charge in [0.05, 0.1) is 11.1 Å². The van der Waals surface area contributed by atoms with Crippen LogP contribution < -0.4 is 0 Å². The van der Waals surface area contributed by atoms with Gasteiger partial charge in [0.25, 0.3) is 10.0 Å². The number of sulfonamides is 1. The molecule has 0 bridgehead atoms. The molecule has 0 unspecified atom stereocenters. The highest BCUT2D eigenvalue weighted by Crippen LogP contribution is 2.32. The van der Waals surface area contributed by atoms with Crippen LogP contribution >= 0.6 is 0 Å². The van der Waals surface area contributed by atoms with Crippen molar-refractivity contribution < 1.29 is 8.42 Å². The van der Waals surface area contributed by atoms with E-state index in [2.05, 4.69) is 9.39 Å². The molecule has 1 aromatic rings. The minimum absolute atomic E-state index is 0.255. The van der Waals surface area contributed by atoms with E-state index in [1.54, 1.807) is 30.5 Å². The van der Waals surface area contributed by atoms with Gasteiger partial charge in [-0.05, 0) is 6.07 Å². The number of fused-ring (bicyclic) bond motifs is 3. The Morgan fingerprint density at radius 2 is 1.93 bits per heavy atom. The summed E-state index contributed by atoms with van der Waals surface area (Å²) in [5.41, 5.74) is 1.88. The van der Waals surface area contributed by atoms with Crippen molar-refractivity contribution in [2.75, 3.05) is 0 Å². The lowest BCUT2D eigenvalue weighted by molar-refractivity contribution is 0.597. The predicted molar refractivity (Wildman–Crippen MR) is 57.5 cm³/mol. The first-order valence-electron chi connectivity index (χ1n) is 4.36. The van der Waals surface area contributed by atoms with E-state index in [-0.39, 0.29) is 4.90 Å². The molecule has 0 N–H and O–H groups in total. The maximum Gasteiger partial charge on any atom is 0.283 e. The monoisotopic (exact) mass is 218 g/mol. The normalized spacial score (nSPS) is 20.3. The molecule has 3 rings (SSSR count). The zero-order valence-corrected chi connectivity index (χ0v) is 8.40. The van der Waals surface area contributed by atoms with E-state index in [0.29, 0.717) is 11.3 Å². The van der Waals surface area contributed by atoms with Crippen molar-refractivity contribution in [3.63, 3.8) is 0 Å². The third-order valence-corrected chi connectivity index (χ3v) is 3.70. The van der Waals surface area contributed by atoms with Crippen LogP contribution in [-0.4, -0.2) is 20.3 Å². The van der Waals surface area contributed by atoms with Crippen LogP contribution in [0.15, 0.2) is 44.8 Å². The molecule has 15 heavy (non-hydrogen) atoms. The van der Waals surface area contributed by atoms with Crippen LogP contribution in [0.1, 0.15) is 5.56 Å². The van der Waals surface area contributed by atoms with E-state index in [0.717, 1.165) is 5.57 Å². The number of benzene rings is 1. The highest BCUT2D eigenvalue weighted by atomic mass is 32.2. The largest absolute Gasteiger partial charge is 0.283 e. The molecular formula is C10H6N2O2S. The topological polar surface area (TPSA) is 58.9 Å². The smallest absolute Gasteiger partial charge is 0.262 e. The fourth-order valence-electron chi connectivity index (χ4n) is 1.69. The average Bonchev–Trinajstić information content (AvgIpc) is 2.65. The first-order chi connectivity index (χ1) is 7.18. The predicted octanol–water partition coefficient (Wildman–Crippen LogP) is 1.26. The molecule has 0 saturated heterocycles. The standard InChI is InChI=1S/C10H6N2O2S/c13-15(14)10-4-2-1-3-7(10)8-5-11-6-9(8)12-15/h1-6H. The van der Waals surface area contributed by atoms with Gasteiger partial charge in [-0.15, -0.1) is 0 Å². The SMILES string of the molecule is O=S1(=O)N=C2C=NC=C2c2ccccc21. The van der Waals surface area contributed by atoms with Gasteiger partial charge in [-0.3, -0.25) is 4.99 Å². The van der Waals surface area contributed by atoms with Crippen LogP contribution in [0.25, 0.3) is 5.57 Å². The Balaban J connectivity index is 2.43. The lowest BCUT2D eigenvalue weighted by Gasteiger charge is -2.13. The Morgan fingerprint density at radius 1 is 1.13 bits per heavy atom. The van der Waals surface area contributed by atoms with Gasteiger partial charge in [-0.1, -0.05) is 18.2 Å². The molecule has 0 saturated carbocycles. The fraction of sp³-hybridized carbons (Fsp3) is 0. The molecule has 1 aromatic carbocycles. The number of hydrogen-bond acceptors (Lipinski definition) is 3. The van der Waals surface area contributed by atoms with Crippen LogP contribution in [0.5, 0.6) is 0 Å². The van der Waals surface area contributed by atoms with Crippen molar-refractivity contribution in [1.29, 1.82) is 0 Å². The van der Waals surface area contributed by atoms with Crippen molar-refractivity contribution in [2.45, 2.75) is 4.90 Å². The summed E-state index contributed by atoms with van der Waals surface area (Å²) in [5, 5.41) is 0. The molecule has 0 radical (unpaired) electrons. The molecule has 2 heterocycles. The Kier molecular flexibility index (Phi) is 1.50. The molecule has 74 valence electrons. The molecule has 4 nitrogen and oxygen atoms in total. The first-order valence-corrected chi connectivity index (χ1v) is 5.80. The van der Waals surface area contributed by atoms with Crippen LogP contribution in [0.3, 0.4) is 0 Å². The van der Waals surface area contributed by atoms with E-state index in [1.165, 1.54) is 6.21 Å². The molecule has 0 aromatic heterocycles. The lowest BCUT2D eigenvalue weighted by Crippen LogP contribution is -2.14. The quantitative estimate of drug-likeness (QED) is 0.658. The van der Waals surface area contributed by atoms with Gasteiger partial charge in [0.2, 0.25) is 0 Å². The van der Waals surface area contributed by atoms with Gasteiger partial charge < -0.3 is 0 Å². The van der Waals surface area contributed by atoms with E-state index < -0.39 is 10.0 Å². The number of aliphatic imine (C=N–C) groups is 1. The number of allylic oxidation sites excluding steroid dienone is 1. The molecule has 0 amide bonds. The summed E-state index contributed by atoms with van der Waals surface area (Å²) in [6.07, 6.45) is 3.09. The lowest BCUT2D eigenvalue weighted by atomic mass is 10.0. The Morgan fingerprint density at radius 3 is 2.80 bits per heavy atom. The van der Waals surface area contributed by atoms with Gasteiger partial charge in [0.15, 0.2) is 0 Å². The molecule has 0 atom stereocenters. The summed E-state index contributed by atoms with van der Waals surface area (Å²) in [7, 11) is -3.54. The van der Waals surface area contributed by atoms with Gasteiger partial charge >= 0.3 is 0 Å². The number of rotatable bonds is 0. The van der Waals surface area contributed by atoms with Gasteiger partial charge in [-0.25, -0.2) is 0 Å². The van der Waals surface area contributed by atoms with Crippen LogP contribution in [0.2, 0.25) is 0 Å². The van der Waals surface area contributed by atoms with E-state index in [4.69, 9.17) is 0 Å². The van der Waals surface area contributed by atoms with Crippen LogP contribution in [0, 0.1) is 0 Å². The summed E-state index contributed by atoms with van der Waals surface area (Å²) in [6, 6.07) is 6.82. The van der Waals surface area contributed by atoms with E-state index >= 15 is 0 Å². The third-order valence-electron chi connectivity index (χ3n) is 2.35. The minimum Gasteiger partial charge on any atom is -0.262 e. The average molecular weight is 218 g/mol. The maximum absolute atomic E-state index is 11.7. The Labute approximate surface area is 86.7 Å². The summed E-state index contributed by atoms with van der Waals surface area (Å²) >= 11 is 0. The zero-order chi connectivity index (χ0) is 10.5. The molecule has 0 spiro atoms. The van der Waals surface area contributed by atoms with Crippen molar-refractivity contribution >= 4 is 27.5 Å². The molecule has 5 heteroatoms. The summed E-state index contributed by atoms with van der Waals surface area (Å²) in [4.78, 5) is 4.17. The van der Waals surface area contributed by atoms with Crippen molar-refractivity contribution in [1.82, 2.24) is 0 Å². The number of nitrogens with zero attached hydrogens (tertiary/aromatic N) is 2. The summed E-state index contributed by atoms with van der Waals surface area (Å²) in [6.45, 7) is 0. The van der Waals surface area contributed by atoms with Crippen LogP contribution in [0.4, 0.5) is 0 Å². The van der Waals surface area contributed by atoms with Gasteiger partial charge in [-0.2, -0.15) is 12.8 Å². The first kappa shape index (κ1) is 8.55. The van der Waals surface area contributed by atoms with Crippen LogP contribution in [-0.2, 0) is 10.0 Å². The third kappa shape index (κ3) is 1.10. The van der Waals surface area contributed by atoms with Crippen molar-refractivity contribution in [2.24, 2.45) is 9.39 Å². The molecule has 0 aliphatic carbocycles. The zero-order valence-electron chi connectivity index (χ0n) is 7.58. The summed E-state index contributed by atoms with van der Waals surface area (Å²) < 4.78 is 27.2. The van der Waals surface area contributed by atoms with Gasteiger partial charge in [0, 0.05) is 17.3 Å².